The van der Waals surface area contributed by atoms with Crippen molar-refractivity contribution in [2.45, 2.75) is 38.5 Å². The number of para-hydroxylation sites is 1. The van der Waals surface area contributed by atoms with Crippen LogP contribution in [-0.4, -0.2) is 0 Å². The average Bonchev–Trinajstić information content (AvgIpc) is 3.85. The quantitative estimate of drug-likeness (QED) is 0.173. The minimum Gasteiger partial charge on any atom is -0.456 e. The van der Waals surface area contributed by atoms with Crippen LogP contribution in [0.25, 0.3) is 77.2 Å². The van der Waals surface area contributed by atoms with Crippen molar-refractivity contribution in [3.05, 3.63) is 210 Å². The molecule has 12 rings (SSSR count). The van der Waals surface area contributed by atoms with E-state index in [1.54, 1.807) is 0 Å². The molecule has 0 saturated carbocycles. The first kappa shape index (κ1) is 34.8. The molecule has 0 unspecified atom stereocenters. The first-order valence-electron chi connectivity index (χ1n) is 21.1. The standard InChI is InChI=1S/C58H43NO/c1-57(2)50-20-12-10-17-43(50)45-27-24-39(34-52(45)57)59(40-25-28-46-44-26-22-37(36-14-6-5-7-15-36)33-51(44)58(3,4)53(46)35-40)54-30-29-41(42-16-8-9-18-47(42)54)38-23-31-56-49(32-38)48-19-11-13-21-55(48)60-56/h5-35H,1-4H3. The third-order valence-electron chi connectivity index (χ3n) is 13.7. The van der Waals surface area contributed by atoms with Gasteiger partial charge in [0, 0.05) is 38.4 Å². The predicted molar refractivity (Wildman–Crippen MR) is 252 cm³/mol. The van der Waals surface area contributed by atoms with E-state index >= 15 is 0 Å². The lowest BCUT2D eigenvalue weighted by molar-refractivity contribution is 0.660. The molecule has 0 atom stereocenters. The summed E-state index contributed by atoms with van der Waals surface area (Å²) in [4.78, 5) is 2.51. The molecule has 9 aromatic carbocycles. The van der Waals surface area contributed by atoms with Gasteiger partial charge in [-0.25, -0.2) is 0 Å². The largest absolute Gasteiger partial charge is 0.456 e. The molecule has 60 heavy (non-hydrogen) atoms. The van der Waals surface area contributed by atoms with Gasteiger partial charge in [-0.2, -0.15) is 0 Å². The summed E-state index contributed by atoms with van der Waals surface area (Å²) in [5, 5.41) is 4.69. The van der Waals surface area contributed by atoms with Gasteiger partial charge >= 0.3 is 0 Å². The second-order valence-corrected chi connectivity index (χ2v) is 17.7. The highest BCUT2D eigenvalue weighted by Crippen LogP contribution is 2.54. The molecule has 0 spiro atoms. The van der Waals surface area contributed by atoms with Gasteiger partial charge in [-0.15, -0.1) is 0 Å². The van der Waals surface area contributed by atoms with Crippen LogP contribution >= 0.6 is 0 Å². The molecule has 2 heteroatoms. The number of fused-ring (bicyclic) bond motifs is 10. The second-order valence-electron chi connectivity index (χ2n) is 17.7. The van der Waals surface area contributed by atoms with Crippen molar-refractivity contribution in [1.29, 1.82) is 0 Å². The van der Waals surface area contributed by atoms with Crippen molar-refractivity contribution >= 4 is 49.8 Å². The van der Waals surface area contributed by atoms with E-state index in [1.165, 1.54) is 77.5 Å². The van der Waals surface area contributed by atoms with E-state index in [1.807, 2.05) is 12.1 Å². The van der Waals surface area contributed by atoms with E-state index in [-0.39, 0.29) is 10.8 Å². The molecular weight excluding hydrogens is 727 g/mol. The minimum atomic E-state index is -0.194. The molecule has 0 bridgehead atoms. The Balaban J connectivity index is 1.05. The molecule has 2 nitrogen and oxygen atoms in total. The van der Waals surface area contributed by atoms with E-state index in [0.717, 1.165) is 39.0 Å². The van der Waals surface area contributed by atoms with Gasteiger partial charge in [-0.05, 0) is 127 Å². The third-order valence-corrected chi connectivity index (χ3v) is 13.7. The molecule has 2 aliphatic rings. The third kappa shape index (κ3) is 5.01. The number of furan rings is 1. The van der Waals surface area contributed by atoms with Gasteiger partial charge in [0.15, 0.2) is 0 Å². The Morgan fingerprint density at radius 1 is 0.333 bits per heavy atom. The fourth-order valence-electron chi connectivity index (χ4n) is 10.6. The molecule has 0 aliphatic heterocycles. The van der Waals surface area contributed by atoms with E-state index in [4.69, 9.17) is 4.42 Å². The Labute approximate surface area is 351 Å². The molecule has 0 saturated heterocycles. The molecule has 1 heterocycles. The fraction of sp³-hybridized carbons (Fsp3) is 0.103. The lowest BCUT2D eigenvalue weighted by atomic mass is 9.81. The highest BCUT2D eigenvalue weighted by atomic mass is 16.3. The summed E-state index contributed by atoms with van der Waals surface area (Å²) in [6.45, 7) is 9.52. The zero-order valence-electron chi connectivity index (χ0n) is 34.3. The Morgan fingerprint density at radius 3 is 1.62 bits per heavy atom. The first-order chi connectivity index (χ1) is 29.3. The van der Waals surface area contributed by atoms with Crippen LogP contribution in [0.15, 0.2) is 192 Å². The minimum absolute atomic E-state index is 0.131. The molecule has 2 aliphatic carbocycles. The van der Waals surface area contributed by atoms with Crippen molar-refractivity contribution in [2.24, 2.45) is 0 Å². The average molecular weight is 770 g/mol. The van der Waals surface area contributed by atoms with Crippen molar-refractivity contribution in [1.82, 2.24) is 0 Å². The Kier molecular flexibility index (Phi) is 7.36. The molecule has 1 aromatic heterocycles. The van der Waals surface area contributed by atoms with Gasteiger partial charge in [-0.1, -0.05) is 161 Å². The van der Waals surface area contributed by atoms with E-state index in [2.05, 4.69) is 209 Å². The summed E-state index contributed by atoms with van der Waals surface area (Å²) >= 11 is 0. The van der Waals surface area contributed by atoms with E-state index < -0.39 is 0 Å². The van der Waals surface area contributed by atoms with Crippen LogP contribution in [0.5, 0.6) is 0 Å². The molecule has 0 fully saturated rings. The summed E-state index contributed by atoms with van der Waals surface area (Å²) < 4.78 is 6.23. The second kappa shape index (κ2) is 12.7. The maximum atomic E-state index is 6.23. The van der Waals surface area contributed by atoms with Crippen LogP contribution in [-0.2, 0) is 10.8 Å². The Morgan fingerprint density at radius 2 is 0.867 bits per heavy atom. The predicted octanol–water partition coefficient (Wildman–Crippen LogP) is 16.2. The van der Waals surface area contributed by atoms with Gasteiger partial charge in [-0.3, -0.25) is 0 Å². The zero-order chi connectivity index (χ0) is 40.3. The number of nitrogens with zero attached hydrogens (tertiary/aromatic N) is 1. The van der Waals surface area contributed by atoms with Gasteiger partial charge in [0.25, 0.3) is 0 Å². The molecule has 10 aromatic rings. The molecule has 0 amide bonds. The van der Waals surface area contributed by atoms with Crippen molar-refractivity contribution in [2.75, 3.05) is 4.90 Å². The number of hydrogen-bond donors (Lipinski definition) is 0. The van der Waals surface area contributed by atoms with Crippen molar-refractivity contribution < 1.29 is 4.42 Å². The molecule has 0 radical (unpaired) electrons. The van der Waals surface area contributed by atoms with Gasteiger partial charge < -0.3 is 9.32 Å². The molecule has 0 N–H and O–H groups in total. The smallest absolute Gasteiger partial charge is 0.135 e. The molecule has 286 valence electrons. The number of rotatable bonds is 5. The van der Waals surface area contributed by atoms with Crippen LogP contribution in [0.3, 0.4) is 0 Å². The first-order valence-corrected chi connectivity index (χ1v) is 21.1. The summed E-state index contributed by atoms with van der Waals surface area (Å²) in [6.07, 6.45) is 0. The van der Waals surface area contributed by atoms with Crippen molar-refractivity contribution in [3.63, 3.8) is 0 Å². The zero-order valence-corrected chi connectivity index (χ0v) is 34.3. The number of anilines is 3. The monoisotopic (exact) mass is 769 g/mol. The van der Waals surface area contributed by atoms with Gasteiger partial charge in [0.2, 0.25) is 0 Å². The number of hydrogen-bond acceptors (Lipinski definition) is 2. The van der Waals surface area contributed by atoms with Crippen LogP contribution in [0.4, 0.5) is 17.1 Å². The normalized spacial score (nSPS) is 14.3. The number of benzene rings is 9. The van der Waals surface area contributed by atoms with E-state index in [0.29, 0.717) is 0 Å². The Bertz CT molecular complexity index is 3380. The Hall–Kier alpha value is -7.16. The van der Waals surface area contributed by atoms with Crippen LogP contribution in [0.1, 0.15) is 49.9 Å². The van der Waals surface area contributed by atoms with Crippen LogP contribution in [0.2, 0.25) is 0 Å². The van der Waals surface area contributed by atoms with Crippen LogP contribution < -0.4 is 4.90 Å². The van der Waals surface area contributed by atoms with Gasteiger partial charge in [0.1, 0.15) is 11.2 Å². The fourth-order valence-corrected chi connectivity index (χ4v) is 10.6. The maximum absolute atomic E-state index is 6.23. The summed E-state index contributed by atoms with van der Waals surface area (Å²) in [5.41, 5.74) is 20.6. The summed E-state index contributed by atoms with van der Waals surface area (Å²) in [7, 11) is 0. The van der Waals surface area contributed by atoms with Crippen LogP contribution in [0, 0.1) is 0 Å². The van der Waals surface area contributed by atoms with Gasteiger partial charge in [0.05, 0.1) is 5.69 Å². The lowest BCUT2D eigenvalue weighted by Gasteiger charge is -2.31. The highest BCUT2D eigenvalue weighted by Gasteiger charge is 2.38. The highest BCUT2D eigenvalue weighted by molar-refractivity contribution is 6.10. The summed E-state index contributed by atoms with van der Waals surface area (Å²) in [5.74, 6) is 0. The SMILES string of the molecule is CC1(C)c2ccccc2-c2ccc(N(c3ccc4c(c3)C(C)(C)c3cc(-c5ccccc5)ccc3-4)c3ccc(-c4ccc5oc6ccccc6c5c4)c4ccccc34)cc21. The lowest BCUT2D eigenvalue weighted by Crippen LogP contribution is -2.18. The summed E-state index contributed by atoms with van der Waals surface area (Å²) in [6, 6.07) is 69.5. The maximum Gasteiger partial charge on any atom is 0.135 e. The topological polar surface area (TPSA) is 16.4 Å². The molecular formula is C58H43NO. The van der Waals surface area contributed by atoms with Crippen molar-refractivity contribution in [3.8, 4) is 44.5 Å². The van der Waals surface area contributed by atoms with E-state index in [9.17, 15) is 0 Å².